The van der Waals surface area contributed by atoms with Crippen molar-refractivity contribution in [2.75, 3.05) is 19.7 Å². The third-order valence-electron chi connectivity index (χ3n) is 4.56. The lowest BCUT2D eigenvalue weighted by Gasteiger charge is -2.26. The molecule has 0 unspecified atom stereocenters. The average molecular weight is 440 g/mol. The maximum atomic E-state index is 12.2. The van der Waals surface area contributed by atoms with Gasteiger partial charge in [-0.1, -0.05) is 41.4 Å². The minimum absolute atomic E-state index is 0.0528. The summed E-state index contributed by atoms with van der Waals surface area (Å²) in [4.78, 5) is 28.2. The molecule has 0 bridgehead atoms. The minimum atomic E-state index is -1.68. The summed E-state index contributed by atoms with van der Waals surface area (Å²) in [5, 5.41) is 26.3. The Balaban J connectivity index is 1.54. The van der Waals surface area contributed by atoms with Crippen molar-refractivity contribution in [1.29, 1.82) is 0 Å². The molecule has 1 aromatic carbocycles. The average Bonchev–Trinajstić information content (AvgIpc) is 2.99. The molecule has 1 aliphatic heterocycles. The number of rotatable bonds is 6. The number of hydrogen-bond donors (Lipinski definition) is 4. The fraction of sp³-hybridized carbons (Fsp3) is 0.316. The van der Waals surface area contributed by atoms with Gasteiger partial charge in [0.25, 0.3) is 11.8 Å². The number of benzene rings is 1. The van der Waals surface area contributed by atoms with Crippen LogP contribution < -0.4 is 10.6 Å². The van der Waals surface area contributed by atoms with Crippen molar-refractivity contribution in [3.05, 3.63) is 63.9 Å². The Morgan fingerprint density at radius 2 is 1.86 bits per heavy atom. The van der Waals surface area contributed by atoms with E-state index in [-0.39, 0.29) is 41.5 Å². The number of halogens is 2. The molecule has 4 N–H and O–H groups in total. The highest BCUT2D eigenvalue weighted by atomic mass is 35.5. The molecular formula is C19H19Cl2N3O5. The number of nitrogens with zero attached hydrogens (tertiary/aromatic N) is 1. The number of aliphatic hydroxyl groups excluding tert-OH is 1. The van der Waals surface area contributed by atoms with Crippen molar-refractivity contribution in [3.63, 3.8) is 0 Å². The fourth-order valence-electron chi connectivity index (χ4n) is 2.89. The summed E-state index contributed by atoms with van der Waals surface area (Å²) in [5.41, 5.74) is -1.13. The lowest BCUT2D eigenvalue weighted by Crippen LogP contribution is -2.53. The van der Waals surface area contributed by atoms with E-state index < -0.39 is 23.7 Å². The van der Waals surface area contributed by atoms with Crippen LogP contribution in [0.3, 0.4) is 0 Å². The van der Waals surface area contributed by atoms with Gasteiger partial charge >= 0.3 is 0 Å². The highest BCUT2D eigenvalue weighted by Gasteiger charge is 2.48. The van der Waals surface area contributed by atoms with E-state index in [1.165, 1.54) is 12.1 Å². The second-order valence-corrected chi connectivity index (χ2v) is 7.37. The fourth-order valence-corrected chi connectivity index (χ4v) is 3.33. The van der Waals surface area contributed by atoms with Crippen LogP contribution in [0.4, 0.5) is 0 Å². The highest BCUT2D eigenvalue weighted by Crippen LogP contribution is 2.24. The van der Waals surface area contributed by atoms with E-state index in [0.717, 1.165) is 0 Å². The number of aromatic nitrogens is 1. The molecular weight excluding hydrogens is 421 g/mol. The zero-order valence-electron chi connectivity index (χ0n) is 15.1. The molecule has 10 heteroatoms. The normalized spacial score (nSPS) is 23.6. The number of carbonyl (C=O) groups excluding carboxylic acids is 2. The minimum Gasteiger partial charge on any atom is -0.387 e. The molecule has 1 aromatic heterocycles. The molecule has 154 valence electrons. The van der Waals surface area contributed by atoms with Crippen molar-refractivity contribution in [3.8, 4) is 0 Å². The molecule has 1 aliphatic rings. The van der Waals surface area contributed by atoms with E-state index in [9.17, 15) is 19.8 Å². The molecule has 1 saturated heterocycles. The van der Waals surface area contributed by atoms with Gasteiger partial charge in [-0.15, -0.1) is 0 Å². The molecule has 0 aliphatic carbocycles. The Bertz CT molecular complexity index is 899. The molecule has 0 saturated carbocycles. The van der Waals surface area contributed by atoms with Crippen molar-refractivity contribution < 1.29 is 24.5 Å². The molecule has 3 atom stereocenters. The van der Waals surface area contributed by atoms with E-state index in [0.29, 0.717) is 5.56 Å². The summed E-state index contributed by atoms with van der Waals surface area (Å²) in [6.45, 7) is -0.486. The first-order valence-corrected chi connectivity index (χ1v) is 9.51. The van der Waals surface area contributed by atoms with Crippen LogP contribution in [0, 0.1) is 0 Å². The van der Waals surface area contributed by atoms with Gasteiger partial charge in [-0.2, -0.15) is 0 Å². The summed E-state index contributed by atoms with van der Waals surface area (Å²) in [7, 11) is 0. The summed E-state index contributed by atoms with van der Waals surface area (Å²) in [5.74, 6) is -0.907. The molecule has 29 heavy (non-hydrogen) atoms. The van der Waals surface area contributed by atoms with Crippen LogP contribution in [0.2, 0.25) is 10.3 Å². The van der Waals surface area contributed by atoms with Crippen LogP contribution in [0.1, 0.15) is 20.7 Å². The third-order valence-corrected chi connectivity index (χ3v) is 5.06. The number of ether oxygens (including phenoxy) is 1. The van der Waals surface area contributed by atoms with E-state index in [1.54, 1.807) is 30.3 Å². The first-order chi connectivity index (χ1) is 13.8. The molecule has 2 aromatic rings. The van der Waals surface area contributed by atoms with Crippen LogP contribution in [-0.2, 0) is 4.74 Å². The first-order valence-electron chi connectivity index (χ1n) is 8.76. The number of carbonyl (C=O) groups is 2. The van der Waals surface area contributed by atoms with Crippen molar-refractivity contribution >= 4 is 35.0 Å². The monoisotopic (exact) mass is 439 g/mol. The standard InChI is InChI=1S/C19H19Cl2N3O5/c20-14-7-6-12(16(21)24-14)18(27)22-8-13-15(25)19(28,10-29-13)9-23-17(26)11-4-2-1-3-5-11/h1-7,13,15,25,28H,8-10H2,(H,22,27)(H,23,26)/t13-,15-,19+/m1/s1. The molecule has 2 heterocycles. The number of aliphatic hydroxyl groups is 2. The highest BCUT2D eigenvalue weighted by molar-refractivity contribution is 6.34. The van der Waals surface area contributed by atoms with Crippen LogP contribution in [0.5, 0.6) is 0 Å². The van der Waals surface area contributed by atoms with E-state index in [4.69, 9.17) is 27.9 Å². The van der Waals surface area contributed by atoms with Crippen LogP contribution in [0.15, 0.2) is 42.5 Å². The Hall–Kier alpha value is -2.23. The Kier molecular flexibility index (Phi) is 6.71. The maximum Gasteiger partial charge on any atom is 0.254 e. The molecule has 1 fully saturated rings. The number of pyridine rings is 1. The van der Waals surface area contributed by atoms with Crippen molar-refractivity contribution in [2.45, 2.75) is 17.8 Å². The van der Waals surface area contributed by atoms with Crippen molar-refractivity contribution in [2.24, 2.45) is 0 Å². The van der Waals surface area contributed by atoms with E-state index in [1.807, 2.05) is 0 Å². The zero-order chi connectivity index (χ0) is 21.0. The maximum absolute atomic E-state index is 12.2. The molecule has 0 radical (unpaired) electrons. The molecule has 0 spiro atoms. The van der Waals surface area contributed by atoms with Crippen molar-refractivity contribution in [1.82, 2.24) is 15.6 Å². The SMILES string of the molecule is O=C(NC[C@]1(O)CO[C@H](CNC(=O)c2ccc(Cl)nc2Cl)[C@H]1O)c1ccccc1. The third kappa shape index (κ3) is 5.04. The van der Waals surface area contributed by atoms with Gasteiger partial charge in [-0.25, -0.2) is 4.98 Å². The van der Waals surface area contributed by atoms with Crippen LogP contribution in [0.25, 0.3) is 0 Å². The lowest BCUT2D eigenvalue weighted by atomic mass is 9.96. The van der Waals surface area contributed by atoms with Crippen LogP contribution in [-0.4, -0.2) is 64.5 Å². The van der Waals surface area contributed by atoms with Gasteiger partial charge in [0.2, 0.25) is 0 Å². The van der Waals surface area contributed by atoms with Gasteiger partial charge in [-0.3, -0.25) is 9.59 Å². The van der Waals surface area contributed by atoms with Gasteiger partial charge in [0.15, 0.2) is 0 Å². The summed E-state index contributed by atoms with van der Waals surface area (Å²) in [6, 6.07) is 11.3. The number of hydrogen-bond acceptors (Lipinski definition) is 6. The Morgan fingerprint density at radius 1 is 1.14 bits per heavy atom. The quantitative estimate of drug-likeness (QED) is 0.499. The Morgan fingerprint density at radius 3 is 2.55 bits per heavy atom. The van der Waals surface area contributed by atoms with E-state index in [2.05, 4.69) is 15.6 Å². The van der Waals surface area contributed by atoms with Gasteiger partial charge in [-0.05, 0) is 24.3 Å². The number of nitrogens with one attached hydrogen (secondary N) is 2. The predicted octanol–water partition coefficient (Wildman–Crippen LogP) is 1.04. The second kappa shape index (κ2) is 9.06. The Labute approximate surface area is 176 Å². The van der Waals surface area contributed by atoms with Gasteiger partial charge in [0.05, 0.1) is 18.7 Å². The summed E-state index contributed by atoms with van der Waals surface area (Å²) >= 11 is 11.6. The molecule has 8 nitrogen and oxygen atoms in total. The van der Waals surface area contributed by atoms with Gasteiger partial charge in [0.1, 0.15) is 28.1 Å². The second-order valence-electron chi connectivity index (χ2n) is 6.63. The molecule has 2 amide bonds. The molecule has 3 rings (SSSR count). The lowest BCUT2D eigenvalue weighted by molar-refractivity contribution is -0.0464. The topological polar surface area (TPSA) is 121 Å². The zero-order valence-corrected chi connectivity index (χ0v) is 16.7. The largest absolute Gasteiger partial charge is 0.387 e. The smallest absolute Gasteiger partial charge is 0.254 e. The first kappa shape index (κ1) is 21.5. The van der Waals surface area contributed by atoms with Gasteiger partial charge < -0.3 is 25.6 Å². The van der Waals surface area contributed by atoms with Crippen LogP contribution >= 0.6 is 23.2 Å². The summed E-state index contributed by atoms with van der Waals surface area (Å²) in [6.07, 6.45) is -2.19. The number of amides is 2. The summed E-state index contributed by atoms with van der Waals surface area (Å²) < 4.78 is 5.42. The van der Waals surface area contributed by atoms with Gasteiger partial charge in [0, 0.05) is 12.1 Å². The van der Waals surface area contributed by atoms with E-state index >= 15 is 0 Å². The predicted molar refractivity (Wildman–Crippen MR) is 106 cm³/mol.